The van der Waals surface area contributed by atoms with Crippen LogP contribution >= 0.6 is 11.6 Å². The Morgan fingerprint density at radius 2 is 2.12 bits per heavy atom. The van der Waals surface area contributed by atoms with Gasteiger partial charge in [0.1, 0.15) is 0 Å². The molecule has 0 amide bonds. The number of hydrogen-bond donors (Lipinski definition) is 1. The summed E-state index contributed by atoms with van der Waals surface area (Å²) in [6, 6.07) is 0.442. The number of aromatic nitrogens is 2. The SMILES string of the molecule is CCCNC(C)Cc1c(Cl)c(CC)nn1C. The molecule has 3 nitrogen and oxygen atoms in total. The fourth-order valence-corrected chi connectivity index (χ4v) is 2.17. The van der Waals surface area contributed by atoms with Gasteiger partial charge in [0.2, 0.25) is 0 Å². The lowest BCUT2D eigenvalue weighted by Crippen LogP contribution is -2.29. The van der Waals surface area contributed by atoms with Gasteiger partial charge in [0, 0.05) is 19.5 Å². The predicted octanol–water partition coefficient (Wildman–Crippen LogP) is 2.57. The van der Waals surface area contributed by atoms with Crippen molar-refractivity contribution >= 4 is 11.6 Å². The van der Waals surface area contributed by atoms with E-state index in [9.17, 15) is 0 Å². The van der Waals surface area contributed by atoms with E-state index < -0.39 is 0 Å². The van der Waals surface area contributed by atoms with E-state index in [1.165, 1.54) is 0 Å². The van der Waals surface area contributed by atoms with Gasteiger partial charge in [-0.1, -0.05) is 25.4 Å². The summed E-state index contributed by atoms with van der Waals surface area (Å²) in [6.07, 6.45) is 2.98. The highest BCUT2D eigenvalue weighted by atomic mass is 35.5. The highest BCUT2D eigenvalue weighted by Gasteiger charge is 2.14. The number of rotatable bonds is 6. The fourth-order valence-electron chi connectivity index (χ4n) is 1.79. The Kier molecular flexibility index (Phi) is 5.29. The topological polar surface area (TPSA) is 29.9 Å². The van der Waals surface area contributed by atoms with Gasteiger partial charge in [0.05, 0.1) is 16.4 Å². The molecule has 1 unspecified atom stereocenters. The maximum Gasteiger partial charge on any atom is 0.0850 e. The Morgan fingerprint density at radius 1 is 1.44 bits per heavy atom. The third-order valence-electron chi connectivity index (χ3n) is 2.75. The molecule has 0 aromatic carbocycles. The third kappa shape index (κ3) is 3.22. The first kappa shape index (κ1) is 13.5. The van der Waals surface area contributed by atoms with Gasteiger partial charge in [-0.25, -0.2) is 0 Å². The molecule has 4 heteroatoms. The van der Waals surface area contributed by atoms with E-state index in [0.717, 1.165) is 42.2 Å². The highest BCUT2D eigenvalue weighted by molar-refractivity contribution is 6.31. The highest BCUT2D eigenvalue weighted by Crippen LogP contribution is 2.21. The molecular weight excluding hydrogens is 222 g/mol. The van der Waals surface area contributed by atoms with Crippen LogP contribution in [0.25, 0.3) is 0 Å². The quantitative estimate of drug-likeness (QED) is 0.832. The van der Waals surface area contributed by atoms with E-state index in [-0.39, 0.29) is 0 Å². The molecule has 0 aliphatic carbocycles. The van der Waals surface area contributed by atoms with Crippen LogP contribution in [0.3, 0.4) is 0 Å². The Hall–Kier alpha value is -0.540. The maximum absolute atomic E-state index is 6.30. The summed E-state index contributed by atoms with van der Waals surface area (Å²) >= 11 is 6.30. The summed E-state index contributed by atoms with van der Waals surface area (Å²) in [7, 11) is 1.97. The van der Waals surface area contributed by atoms with Gasteiger partial charge in [0.25, 0.3) is 0 Å². The zero-order valence-corrected chi connectivity index (χ0v) is 11.4. The molecule has 1 heterocycles. The van der Waals surface area contributed by atoms with Crippen molar-refractivity contribution < 1.29 is 0 Å². The standard InChI is InChI=1S/C12H22ClN3/c1-5-7-14-9(3)8-11-12(13)10(6-2)15-16(11)4/h9,14H,5-8H2,1-4H3. The van der Waals surface area contributed by atoms with Crippen molar-refractivity contribution in [3.8, 4) is 0 Å². The van der Waals surface area contributed by atoms with Gasteiger partial charge < -0.3 is 5.32 Å². The molecule has 1 atom stereocenters. The monoisotopic (exact) mass is 243 g/mol. The van der Waals surface area contributed by atoms with Crippen molar-refractivity contribution in [3.63, 3.8) is 0 Å². The van der Waals surface area contributed by atoms with Crippen LogP contribution in [0.5, 0.6) is 0 Å². The molecule has 0 aliphatic rings. The normalized spacial score (nSPS) is 13.1. The van der Waals surface area contributed by atoms with Crippen LogP contribution in [0, 0.1) is 0 Å². The van der Waals surface area contributed by atoms with E-state index in [0.29, 0.717) is 6.04 Å². The number of halogens is 1. The predicted molar refractivity (Wildman–Crippen MR) is 69.1 cm³/mol. The van der Waals surface area contributed by atoms with Gasteiger partial charge in [-0.05, 0) is 26.3 Å². The number of nitrogens with zero attached hydrogens (tertiary/aromatic N) is 2. The average Bonchev–Trinajstić information content (AvgIpc) is 2.53. The summed E-state index contributed by atoms with van der Waals surface area (Å²) in [4.78, 5) is 0. The van der Waals surface area contributed by atoms with Crippen LogP contribution in [-0.2, 0) is 19.9 Å². The molecule has 0 spiro atoms. The van der Waals surface area contributed by atoms with Gasteiger partial charge in [-0.15, -0.1) is 0 Å². The lowest BCUT2D eigenvalue weighted by atomic mass is 10.1. The number of aryl methyl sites for hydroxylation is 2. The van der Waals surface area contributed by atoms with E-state index in [4.69, 9.17) is 11.6 Å². The van der Waals surface area contributed by atoms with Crippen LogP contribution < -0.4 is 5.32 Å². The number of nitrogens with one attached hydrogen (secondary N) is 1. The van der Waals surface area contributed by atoms with Crippen LogP contribution in [-0.4, -0.2) is 22.4 Å². The van der Waals surface area contributed by atoms with E-state index in [1.807, 2.05) is 11.7 Å². The maximum atomic E-state index is 6.30. The summed E-state index contributed by atoms with van der Waals surface area (Å²) in [5.74, 6) is 0. The summed E-state index contributed by atoms with van der Waals surface area (Å²) in [6.45, 7) is 7.49. The Bertz CT molecular complexity index is 333. The zero-order valence-electron chi connectivity index (χ0n) is 10.7. The molecule has 1 rings (SSSR count). The van der Waals surface area contributed by atoms with Gasteiger partial charge in [0.15, 0.2) is 0 Å². The molecule has 1 aromatic rings. The largest absolute Gasteiger partial charge is 0.314 e. The molecular formula is C12H22ClN3. The van der Waals surface area contributed by atoms with E-state index in [1.54, 1.807) is 0 Å². The molecule has 1 N–H and O–H groups in total. The minimum absolute atomic E-state index is 0.442. The smallest absolute Gasteiger partial charge is 0.0850 e. The first-order valence-electron chi connectivity index (χ1n) is 6.03. The molecule has 0 bridgehead atoms. The van der Waals surface area contributed by atoms with Gasteiger partial charge in [-0.2, -0.15) is 5.10 Å². The van der Waals surface area contributed by atoms with Crippen LogP contribution in [0.2, 0.25) is 5.02 Å². The fraction of sp³-hybridized carbons (Fsp3) is 0.750. The van der Waals surface area contributed by atoms with Crippen molar-refractivity contribution in [2.75, 3.05) is 6.54 Å². The molecule has 92 valence electrons. The molecule has 0 fully saturated rings. The first-order chi connectivity index (χ1) is 7.60. The molecule has 0 saturated carbocycles. The minimum Gasteiger partial charge on any atom is -0.314 e. The first-order valence-corrected chi connectivity index (χ1v) is 6.41. The Labute approximate surface area is 103 Å². The van der Waals surface area contributed by atoms with E-state index >= 15 is 0 Å². The zero-order chi connectivity index (χ0) is 12.1. The molecule has 0 saturated heterocycles. The molecule has 0 aliphatic heterocycles. The Balaban J connectivity index is 2.69. The van der Waals surface area contributed by atoms with Crippen molar-refractivity contribution in [2.45, 2.75) is 46.1 Å². The summed E-state index contributed by atoms with van der Waals surface area (Å²) in [5.41, 5.74) is 2.14. The average molecular weight is 244 g/mol. The van der Waals surface area contributed by atoms with Crippen LogP contribution in [0.15, 0.2) is 0 Å². The van der Waals surface area contributed by atoms with Crippen molar-refractivity contribution in [3.05, 3.63) is 16.4 Å². The summed E-state index contributed by atoms with van der Waals surface area (Å²) in [5, 5.41) is 8.72. The minimum atomic E-state index is 0.442. The second-order valence-corrected chi connectivity index (χ2v) is 4.62. The van der Waals surface area contributed by atoms with Crippen molar-refractivity contribution in [1.82, 2.24) is 15.1 Å². The number of hydrogen-bond acceptors (Lipinski definition) is 2. The lowest BCUT2D eigenvalue weighted by molar-refractivity contribution is 0.525. The molecule has 1 aromatic heterocycles. The third-order valence-corrected chi connectivity index (χ3v) is 3.18. The van der Waals surface area contributed by atoms with Gasteiger partial charge in [-0.3, -0.25) is 4.68 Å². The van der Waals surface area contributed by atoms with Gasteiger partial charge >= 0.3 is 0 Å². The molecule has 0 radical (unpaired) electrons. The Morgan fingerprint density at radius 3 is 2.62 bits per heavy atom. The molecule has 16 heavy (non-hydrogen) atoms. The summed E-state index contributed by atoms with van der Waals surface area (Å²) < 4.78 is 1.91. The van der Waals surface area contributed by atoms with Crippen LogP contribution in [0.4, 0.5) is 0 Å². The van der Waals surface area contributed by atoms with Crippen LogP contribution in [0.1, 0.15) is 38.6 Å². The lowest BCUT2D eigenvalue weighted by Gasteiger charge is -2.13. The second kappa shape index (κ2) is 6.26. The van der Waals surface area contributed by atoms with Crippen molar-refractivity contribution in [1.29, 1.82) is 0 Å². The second-order valence-electron chi connectivity index (χ2n) is 4.24. The van der Waals surface area contributed by atoms with E-state index in [2.05, 4.69) is 31.2 Å². The van der Waals surface area contributed by atoms with Crippen molar-refractivity contribution in [2.24, 2.45) is 7.05 Å².